The van der Waals surface area contributed by atoms with E-state index < -0.39 is 12.1 Å². The number of nitrogens with one attached hydrogen (secondary N) is 1. The van der Waals surface area contributed by atoms with Crippen molar-refractivity contribution in [2.75, 3.05) is 6.54 Å². The molecule has 2 rings (SSSR count). The van der Waals surface area contributed by atoms with E-state index in [9.17, 15) is 18.0 Å². The van der Waals surface area contributed by atoms with Gasteiger partial charge in [-0.25, -0.2) is 0 Å². The summed E-state index contributed by atoms with van der Waals surface area (Å²) in [7, 11) is 0. The molecule has 5 heteroatoms. The van der Waals surface area contributed by atoms with Gasteiger partial charge in [-0.05, 0) is 31.1 Å². The van der Waals surface area contributed by atoms with Gasteiger partial charge in [-0.15, -0.1) is 0 Å². The Kier molecular flexibility index (Phi) is 2.43. The van der Waals surface area contributed by atoms with E-state index >= 15 is 0 Å². The number of carbonyl (C=O) groups is 1. The molecule has 0 atom stereocenters. The van der Waals surface area contributed by atoms with Gasteiger partial charge in [-0.3, -0.25) is 4.79 Å². The van der Waals surface area contributed by atoms with Gasteiger partial charge in [-0.1, -0.05) is 0 Å². The maximum atomic E-state index is 12.4. The van der Waals surface area contributed by atoms with Crippen molar-refractivity contribution in [1.82, 2.24) is 5.32 Å². The molecule has 1 aliphatic heterocycles. The van der Waals surface area contributed by atoms with Crippen LogP contribution in [-0.2, 0) is 4.79 Å². The summed E-state index contributed by atoms with van der Waals surface area (Å²) in [4.78, 5) is 11.1. The maximum Gasteiger partial charge on any atom is 0.391 e. The molecular weight excluding hydrogens is 207 g/mol. The Bertz CT molecular complexity index is 266. The van der Waals surface area contributed by atoms with Crippen LogP contribution in [0.3, 0.4) is 0 Å². The maximum absolute atomic E-state index is 12.4. The van der Waals surface area contributed by atoms with Crippen LogP contribution in [0, 0.1) is 11.3 Å². The molecule has 1 heterocycles. The van der Waals surface area contributed by atoms with Gasteiger partial charge in [0, 0.05) is 13.0 Å². The van der Waals surface area contributed by atoms with E-state index in [1.165, 1.54) is 0 Å². The van der Waals surface area contributed by atoms with E-state index in [2.05, 4.69) is 5.32 Å². The largest absolute Gasteiger partial charge is 0.391 e. The van der Waals surface area contributed by atoms with E-state index in [1.807, 2.05) is 0 Å². The number of rotatable bonds is 0. The number of amides is 1. The van der Waals surface area contributed by atoms with Crippen LogP contribution in [0.25, 0.3) is 0 Å². The second kappa shape index (κ2) is 3.39. The summed E-state index contributed by atoms with van der Waals surface area (Å²) in [5.41, 5.74) is -0.168. The predicted molar refractivity (Wildman–Crippen MR) is 48.1 cm³/mol. The van der Waals surface area contributed by atoms with E-state index in [-0.39, 0.29) is 24.2 Å². The Morgan fingerprint density at radius 3 is 2.27 bits per heavy atom. The average Bonchev–Trinajstić information content (AvgIpc) is 2.47. The van der Waals surface area contributed by atoms with Crippen LogP contribution in [0.1, 0.15) is 32.1 Å². The van der Waals surface area contributed by atoms with Crippen LogP contribution in [0.15, 0.2) is 0 Å². The number of carbonyl (C=O) groups excluding carboxylic acids is 1. The zero-order chi connectivity index (χ0) is 11.1. The molecule has 15 heavy (non-hydrogen) atoms. The van der Waals surface area contributed by atoms with Gasteiger partial charge < -0.3 is 5.32 Å². The van der Waals surface area contributed by atoms with Crippen molar-refractivity contribution in [2.24, 2.45) is 11.3 Å². The van der Waals surface area contributed by atoms with Crippen LogP contribution in [0.5, 0.6) is 0 Å². The molecule has 2 aliphatic rings. The fourth-order valence-electron chi connectivity index (χ4n) is 2.66. The molecule has 0 aromatic rings. The molecule has 0 aromatic heterocycles. The van der Waals surface area contributed by atoms with E-state index in [4.69, 9.17) is 0 Å². The summed E-state index contributed by atoms with van der Waals surface area (Å²) in [5, 5.41) is 2.71. The highest BCUT2D eigenvalue weighted by Crippen LogP contribution is 2.47. The van der Waals surface area contributed by atoms with Crippen molar-refractivity contribution in [1.29, 1.82) is 0 Å². The molecule has 1 amide bonds. The van der Waals surface area contributed by atoms with Crippen LogP contribution < -0.4 is 5.32 Å². The zero-order valence-electron chi connectivity index (χ0n) is 8.36. The Morgan fingerprint density at radius 2 is 1.87 bits per heavy atom. The second-order valence-corrected chi connectivity index (χ2v) is 4.77. The number of hydrogen-bond acceptors (Lipinski definition) is 1. The second-order valence-electron chi connectivity index (χ2n) is 4.77. The first-order valence-corrected chi connectivity index (χ1v) is 5.25. The average molecular weight is 221 g/mol. The fourth-order valence-corrected chi connectivity index (χ4v) is 2.66. The first kappa shape index (κ1) is 10.8. The van der Waals surface area contributed by atoms with Crippen molar-refractivity contribution < 1.29 is 18.0 Å². The molecule has 1 saturated heterocycles. The summed E-state index contributed by atoms with van der Waals surface area (Å²) >= 11 is 0. The predicted octanol–water partition coefficient (Wildman–Crippen LogP) is 2.25. The highest BCUT2D eigenvalue weighted by molar-refractivity contribution is 5.79. The van der Waals surface area contributed by atoms with Crippen molar-refractivity contribution in [3.8, 4) is 0 Å². The van der Waals surface area contributed by atoms with Gasteiger partial charge in [0.25, 0.3) is 0 Å². The van der Waals surface area contributed by atoms with Crippen LogP contribution in [-0.4, -0.2) is 18.6 Å². The van der Waals surface area contributed by atoms with Crippen LogP contribution in [0.4, 0.5) is 13.2 Å². The Balaban J connectivity index is 1.95. The molecule has 0 unspecified atom stereocenters. The molecule has 0 aromatic carbocycles. The van der Waals surface area contributed by atoms with Gasteiger partial charge in [0.2, 0.25) is 5.91 Å². The quantitative estimate of drug-likeness (QED) is 0.667. The minimum absolute atomic E-state index is 0.0135. The first-order chi connectivity index (χ1) is 6.91. The fraction of sp³-hybridized carbons (Fsp3) is 0.900. The Labute approximate surface area is 86.2 Å². The van der Waals surface area contributed by atoms with Crippen molar-refractivity contribution in [3.05, 3.63) is 0 Å². The monoisotopic (exact) mass is 221 g/mol. The topological polar surface area (TPSA) is 29.1 Å². The normalized spacial score (nSPS) is 37.0. The molecule has 1 N–H and O–H groups in total. The third kappa shape index (κ3) is 2.11. The van der Waals surface area contributed by atoms with Crippen LogP contribution in [0.2, 0.25) is 0 Å². The van der Waals surface area contributed by atoms with E-state index in [0.29, 0.717) is 25.8 Å². The zero-order valence-corrected chi connectivity index (χ0v) is 8.36. The number of hydrogen-bond donors (Lipinski definition) is 1. The molecule has 1 spiro atoms. The first-order valence-electron chi connectivity index (χ1n) is 5.25. The number of halogens is 3. The molecule has 2 nitrogen and oxygen atoms in total. The lowest BCUT2D eigenvalue weighted by molar-refractivity contribution is -0.186. The van der Waals surface area contributed by atoms with Gasteiger partial charge in [0.05, 0.1) is 5.92 Å². The van der Waals surface area contributed by atoms with Gasteiger partial charge in [-0.2, -0.15) is 13.2 Å². The lowest BCUT2D eigenvalue weighted by Crippen LogP contribution is -2.34. The standard InChI is InChI=1S/C10H14F3NO/c11-10(12,13)7-1-3-9(4-2-7)5-8(15)14-6-9/h7H,1-6H2,(H,14,15). The summed E-state index contributed by atoms with van der Waals surface area (Å²) < 4.78 is 37.2. The molecule has 0 radical (unpaired) electrons. The van der Waals surface area contributed by atoms with E-state index in [1.54, 1.807) is 0 Å². The lowest BCUT2D eigenvalue weighted by Gasteiger charge is -2.36. The third-order valence-corrected chi connectivity index (χ3v) is 3.71. The molecular formula is C10H14F3NO. The minimum atomic E-state index is -4.06. The molecule has 86 valence electrons. The third-order valence-electron chi connectivity index (χ3n) is 3.71. The molecule has 0 bridgehead atoms. The van der Waals surface area contributed by atoms with Crippen molar-refractivity contribution in [3.63, 3.8) is 0 Å². The Morgan fingerprint density at radius 1 is 1.27 bits per heavy atom. The summed E-state index contributed by atoms with van der Waals surface area (Å²) in [6, 6.07) is 0. The Hall–Kier alpha value is -0.740. The molecule has 1 aliphatic carbocycles. The van der Waals surface area contributed by atoms with Crippen molar-refractivity contribution in [2.45, 2.75) is 38.3 Å². The molecule has 1 saturated carbocycles. The van der Waals surface area contributed by atoms with Gasteiger partial charge in [0.15, 0.2) is 0 Å². The summed E-state index contributed by atoms with van der Waals surface area (Å²) in [6.07, 6.45) is -2.24. The molecule has 2 fully saturated rings. The lowest BCUT2D eigenvalue weighted by atomic mass is 9.70. The van der Waals surface area contributed by atoms with Crippen LogP contribution >= 0.6 is 0 Å². The van der Waals surface area contributed by atoms with Crippen molar-refractivity contribution >= 4 is 5.91 Å². The highest BCUT2D eigenvalue weighted by Gasteiger charge is 2.48. The van der Waals surface area contributed by atoms with E-state index in [0.717, 1.165) is 0 Å². The SMILES string of the molecule is O=C1CC2(CCC(C(F)(F)F)CC2)CN1. The summed E-state index contributed by atoms with van der Waals surface area (Å²) in [6.45, 7) is 0.566. The van der Waals surface area contributed by atoms with Gasteiger partial charge in [0.1, 0.15) is 0 Å². The smallest absolute Gasteiger partial charge is 0.356 e. The number of alkyl halides is 3. The van der Waals surface area contributed by atoms with Gasteiger partial charge >= 0.3 is 6.18 Å². The summed E-state index contributed by atoms with van der Waals surface area (Å²) in [5.74, 6) is -1.17. The minimum Gasteiger partial charge on any atom is -0.356 e. The highest BCUT2D eigenvalue weighted by atomic mass is 19.4.